The minimum absolute atomic E-state index is 0. The summed E-state index contributed by atoms with van der Waals surface area (Å²) in [5.74, 6) is -1.32. The van der Waals surface area contributed by atoms with Crippen molar-refractivity contribution in [3.63, 3.8) is 0 Å². The molecule has 1 aromatic heterocycles. The lowest BCUT2D eigenvalue weighted by atomic mass is 10.2. The third-order valence-electron chi connectivity index (χ3n) is 4.10. The summed E-state index contributed by atoms with van der Waals surface area (Å²) in [4.78, 5) is 39.8. The fraction of sp³-hybridized carbons (Fsp3) is 0.562. The summed E-state index contributed by atoms with van der Waals surface area (Å²) in [6.45, 7) is 3.32. The van der Waals surface area contributed by atoms with Crippen molar-refractivity contribution >= 4 is 41.5 Å². The summed E-state index contributed by atoms with van der Waals surface area (Å²) in [5, 5.41) is 13.9. The minimum Gasteiger partial charge on any atom is -0.480 e. The van der Waals surface area contributed by atoms with Crippen molar-refractivity contribution in [2.75, 3.05) is 26.2 Å². The topological polar surface area (TPSA) is 90.0 Å². The van der Waals surface area contributed by atoms with E-state index in [4.69, 9.17) is 5.11 Å². The van der Waals surface area contributed by atoms with Gasteiger partial charge in [0.1, 0.15) is 6.04 Å². The van der Waals surface area contributed by atoms with Crippen LogP contribution in [0.3, 0.4) is 0 Å². The molecule has 2 rings (SSSR count). The smallest absolute Gasteiger partial charge is 0.320 e. The number of nitrogens with zero attached hydrogens (tertiary/aromatic N) is 2. The number of carboxylic acids is 1. The molecule has 0 radical (unpaired) electrons. The number of hydrogen-bond donors (Lipinski definition) is 2. The number of nitrogens with one attached hydrogen (secondary N) is 1. The maximum absolute atomic E-state index is 12.4. The lowest BCUT2D eigenvalue weighted by Gasteiger charge is -2.25. The van der Waals surface area contributed by atoms with Crippen molar-refractivity contribution < 1.29 is 19.5 Å². The summed E-state index contributed by atoms with van der Waals surface area (Å²) in [7, 11) is 0. The van der Waals surface area contributed by atoms with Crippen LogP contribution < -0.4 is 5.32 Å². The number of carboxylic acid groups (broad SMARTS) is 1. The molecule has 7 nitrogen and oxygen atoms in total. The van der Waals surface area contributed by atoms with Crippen LogP contribution in [0.4, 0.5) is 0 Å². The van der Waals surface area contributed by atoms with Crippen molar-refractivity contribution in [3.05, 3.63) is 22.4 Å². The number of likely N-dealkylation sites (N-methyl/N-ethyl adjacent to an activating group) is 1. The molecule has 0 aromatic carbocycles. The van der Waals surface area contributed by atoms with Crippen LogP contribution in [0.5, 0.6) is 0 Å². The van der Waals surface area contributed by atoms with Gasteiger partial charge in [-0.1, -0.05) is 6.07 Å². The minimum atomic E-state index is -0.892. The highest BCUT2D eigenvalue weighted by atomic mass is 35.5. The third kappa shape index (κ3) is 6.30. The predicted octanol–water partition coefficient (Wildman–Crippen LogP) is 1.18. The van der Waals surface area contributed by atoms with E-state index in [0.717, 1.165) is 11.3 Å². The summed E-state index contributed by atoms with van der Waals surface area (Å²) in [6, 6.07) is 3.26. The first kappa shape index (κ1) is 21.4. The van der Waals surface area contributed by atoms with Crippen LogP contribution in [0.2, 0.25) is 0 Å². The zero-order valence-electron chi connectivity index (χ0n) is 14.1. The van der Waals surface area contributed by atoms with E-state index in [1.165, 1.54) is 4.90 Å². The zero-order valence-corrected chi connectivity index (χ0v) is 15.8. The highest BCUT2D eigenvalue weighted by Crippen LogP contribution is 2.17. The van der Waals surface area contributed by atoms with Gasteiger partial charge in [0.15, 0.2) is 0 Å². The molecule has 9 heteroatoms. The average molecular weight is 390 g/mol. The molecular formula is C16H24ClN3O4S. The quantitative estimate of drug-likeness (QED) is 0.696. The molecule has 1 fully saturated rings. The molecule has 25 heavy (non-hydrogen) atoms. The Morgan fingerprint density at radius 2 is 2.20 bits per heavy atom. The third-order valence-corrected chi connectivity index (χ3v) is 4.97. The Morgan fingerprint density at radius 1 is 1.44 bits per heavy atom. The predicted molar refractivity (Wildman–Crippen MR) is 97.9 cm³/mol. The Bertz CT molecular complexity index is 582. The van der Waals surface area contributed by atoms with Crippen LogP contribution in [0.15, 0.2) is 17.5 Å². The lowest BCUT2D eigenvalue weighted by molar-refractivity contribution is -0.144. The number of carbonyl (C=O) groups is 3. The Labute approximate surface area is 157 Å². The van der Waals surface area contributed by atoms with Crippen molar-refractivity contribution in [2.24, 2.45) is 0 Å². The second-order valence-electron chi connectivity index (χ2n) is 5.73. The van der Waals surface area contributed by atoms with Crippen LogP contribution in [-0.4, -0.2) is 64.9 Å². The second kappa shape index (κ2) is 10.4. The molecule has 140 valence electrons. The van der Waals surface area contributed by atoms with E-state index in [1.54, 1.807) is 16.2 Å². The summed E-state index contributed by atoms with van der Waals surface area (Å²) >= 11 is 1.56. The number of hydrogen-bond acceptors (Lipinski definition) is 5. The molecule has 2 N–H and O–H groups in total. The highest BCUT2D eigenvalue weighted by Gasteiger charge is 2.32. The largest absolute Gasteiger partial charge is 0.480 e. The Balaban J connectivity index is 0.00000312. The average Bonchev–Trinajstić information content (AvgIpc) is 3.21. The molecule has 0 spiro atoms. The molecule has 0 saturated carbocycles. The molecule has 1 unspecified atom stereocenters. The molecule has 1 aromatic rings. The van der Waals surface area contributed by atoms with Gasteiger partial charge in [-0.15, -0.1) is 23.7 Å². The number of carbonyl (C=O) groups excluding carboxylic acids is 2. The van der Waals surface area contributed by atoms with E-state index in [9.17, 15) is 14.4 Å². The van der Waals surface area contributed by atoms with Crippen LogP contribution in [0.1, 0.15) is 24.6 Å². The van der Waals surface area contributed by atoms with Crippen LogP contribution in [0, 0.1) is 0 Å². The van der Waals surface area contributed by atoms with Crippen LogP contribution in [0.25, 0.3) is 0 Å². The van der Waals surface area contributed by atoms with Gasteiger partial charge < -0.3 is 15.3 Å². The van der Waals surface area contributed by atoms with Gasteiger partial charge in [0.2, 0.25) is 11.8 Å². The fourth-order valence-electron chi connectivity index (χ4n) is 2.77. The molecule has 0 bridgehead atoms. The van der Waals surface area contributed by atoms with E-state index in [0.29, 0.717) is 26.1 Å². The Morgan fingerprint density at radius 3 is 2.80 bits per heavy atom. The summed E-state index contributed by atoms with van der Waals surface area (Å²) in [5.41, 5.74) is 0. The second-order valence-corrected chi connectivity index (χ2v) is 6.76. The van der Waals surface area contributed by atoms with E-state index < -0.39 is 12.0 Å². The van der Waals surface area contributed by atoms with Gasteiger partial charge in [0.25, 0.3) is 0 Å². The van der Waals surface area contributed by atoms with Crippen molar-refractivity contribution in [1.82, 2.24) is 15.1 Å². The van der Waals surface area contributed by atoms with Gasteiger partial charge in [0.05, 0.1) is 19.6 Å². The Kier molecular flexibility index (Phi) is 8.88. The van der Waals surface area contributed by atoms with E-state index in [2.05, 4.69) is 5.32 Å². The highest BCUT2D eigenvalue weighted by molar-refractivity contribution is 7.09. The molecule has 1 aliphatic rings. The van der Waals surface area contributed by atoms with Crippen LogP contribution in [-0.2, 0) is 20.9 Å². The zero-order chi connectivity index (χ0) is 17.5. The molecule has 2 amide bonds. The van der Waals surface area contributed by atoms with Gasteiger partial charge in [0, 0.05) is 11.4 Å². The van der Waals surface area contributed by atoms with Crippen molar-refractivity contribution in [3.8, 4) is 0 Å². The number of thiophene rings is 1. The van der Waals surface area contributed by atoms with Gasteiger partial charge in [-0.3, -0.25) is 19.3 Å². The lowest BCUT2D eigenvalue weighted by Crippen LogP contribution is -2.47. The van der Waals surface area contributed by atoms with E-state index in [-0.39, 0.29) is 37.3 Å². The van der Waals surface area contributed by atoms with Crippen molar-refractivity contribution in [1.29, 1.82) is 0 Å². The standard InChI is InChI=1S/C16H23N3O4S.ClH/c1-2-18(10-14(20)17-9-12-5-4-8-24-12)15(21)11-19-7-3-6-13(19)16(22)23;/h4-5,8,13H,2-3,6-7,9-11H2,1H3,(H,17,20)(H,22,23);1H. The van der Waals surface area contributed by atoms with Gasteiger partial charge in [-0.2, -0.15) is 0 Å². The van der Waals surface area contributed by atoms with Gasteiger partial charge >= 0.3 is 5.97 Å². The number of amides is 2. The monoisotopic (exact) mass is 389 g/mol. The normalized spacial score (nSPS) is 16.9. The first-order chi connectivity index (χ1) is 11.5. The van der Waals surface area contributed by atoms with Crippen molar-refractivity contribution in [2.45, 2.75) is 32.4 Å². The molecule has 1 atom stereocenters. The molecule has 1 saturated heterocycles. The molecule has 2 heterocycles. The first-order valence-electron chi connectivity index (χ1n) is 8.05. The Hall–Kier alpha value is -1.64. The maximum Gasteiger partial charge on any atom is 0.320 e. The maximum atomic E-state index is 12.4. The number of rotatable bonds is 8. The SMILES string of the molecule is CCN(CC(=O)NCc1cccs1)C(=O)CN1CCCC1C(=O)O.Cl. The van der Waals surface area contributed by atoms with Crippen LogP contribution >= 0.6 is 23.7 Å². The summed E-state index contributed by atoms with van der Waals surface area (Å²) in [6.07, 6.45) is 1.34. The number of likely N-dealkylation sites (tertiary alicyclic amines) is 1. The molecule has 0 aliphatic carbocycles. The van der Waals surface area contributed by atoms with Gasteiger partial charge in [-0.25, -0.2) is 0 Å². The number of aliphatic carboxylic acids is 1. The molecule has 1 aliphatic heterocycles. The van der Waals surface area contributed by atoms with Gasteiger partial charge in [-0.05, 0) is 37.8 Å². The fourth-order valence-corrected chi connectivity index (χ4v) is 3.42. The molecular weight excluding hydrogens is 366 g/mol. The van der Waals surface area contributed by atoms with E-state index in [1.807, 2.05) is 24.4 Å². The van der Waals surface area contributed by atoms with E-state index >= 15 is 0 Å². The number of halogens is 1. The summed E-state index contributed by atoms with van der Waals surface area (Å²) < 4.78 is 0. The first-order valence-corrected chi connectivity index (χ1v) is 8.93.